The van der Waals surface area contributed by atoms with Gasteiger partial charge in [-0.2, -0.15) is 0 Å². The molecule has 1 aliphatic rings. The first-order valence-corrected chi connectivity index (χ1v) is 11.5. The fraction of sp³-hybridized carbons (Fsp3) is 0.269. The number of rotatable bonds is 8. The van der Waals surface area contributed by atoms with E-state index in [4.69, 9.17) is 16.6 Å². The summed E-state index contributed by atoms with van der Waals surface area (Å²) in [6.45, 7) is 8.99. The third-order valence-corrected chi connectivity index (χ3v) is 5.55. The molecule has 1 aliphatic carbocycles. The van der Waals surface area contributed by atoms with Crippen LogP contribution in [0.15, 0.2) is 88.4 Å². The second-order valence-corrected chi connectivity index (χ2v) is 8.20. The Labute approximate surface area is 200 Å². The van der Waals surface area contributed by atoms with Gasteiger partial charge in [-0.1, -0.05) is 36.0 Å². The molecule has 0 fully saturated rings. The molecule has 0 spiro atoms. The lowest BCUT2D eigenvalue weighted by molar-refractivity contribution is 0.0952. The quantitative estimate of drug-likeness (QED) is 0.358. The van der Waals surface area contributed by atoms with Gasteiger partial charge in [-0.05, 0) is 76.0 Å². The summed E-state index contributed by atoms with van der Waals surface area (Å²) < 4.78 is 5.53. The summed E-state index contributed by atoms with van der Waals surface area (Å²) in [5, 5.41) is 9.87. The lowest BCUT2D eigenvalue weighted by Gasteiger charge is -2.12. The number of hydrogen-bond donors (Lipinski definition) is 3. The summed E-state index contributed by atoms with van der Waals surface area (Å²) in [5.41, 5.74) is 5.05. The molecule has 0 atom stereocenters. The maximum absolute atomic E-state index is 12.4. The summed E-state index contributed by atoms with van der Waals surface area (Å²) >= 11 is 5.23. The predicted octanol–water partition coefficient (Wildman–Crippen LogP) is 5.44. The van der Waals surface area contributed by atoms with Crippen LogP contribution in [0.1, 0.15) is 50.1 Å². The van der Waals surface area contributed by atoms with Gasteiger partial charge in [0, 0.05) is 35.7 Å². The van der Waals surface area contributed by atoms with Gasteiger partial charge in [0.25, 0.3) is 5.91 Å². The number of furan rings is 1. The highest BCUT2D eigenvalue weighted by atomic mass is 32.1. The predicted molar refractivity (Wildman–Crippen MR) is 138 cm³/mol. The molecule has 6 nitrogen and oxygen atoms in total. The Morgan fingerprint density at radius 3 is 2.97 bits per heavy atom. The zero-order valence-corrected chi connectivity index (χ0v) is 19.9. The molecule has 0 unspecified atom stereocenters. The van der Waals surface area contributed by atoms with Crippen LogP contribution in [0.4, 0.5) is 0 Å². The summed E-state index contributed by atoms with van der Waals surface area (Å²) in [4.78, 5) is 16.4. The van der Waals surface area contributed by atoms with E-state index in [2.05, 4.69) is 46.6 Å². The Hall–Kier alpha value is -3.45. The highest BCUT2D eigenvalue weighted by Crippen LogP contribution is 2.21. The van der Waals surface area contributed by atoms with E-state index in [1.807, 2.05) is 25.2 Å². The van der Waals surface area contributed by atoms with E-state index in [0.29, 0.717) is 11.3 Å². The number of pyridine rings is 1. The second-order valence-electron chi connectivity index (χ2n) is 7.79. The number of fused-ring (bicyclic) bond motifs is 1. The van der Waals surface area contributed by atoms with E-state index in [0.717, 1.165) is 36.9 Å². The smallest absolute Gasteiger partial charge is 0.293 e. The van der Waals surface area contributed by atoms with Gasteiger partial charge in [-0.25, -0.2) is 0 Å². The zero-order valence-electron chi connectivity index (χ0n) is 19.1. The van der Waals surface area contributed by atoms with Crippen molar-refractivity contribution in [3.63, 3.8) is 0 Å². The van der Waals surface area contributed by atoms with Crippen LogP contribution < -0.4 is 16.0 Å². The van der Waals surface area contributed by atoms with Crippen LogP contribution in [-0.2, 0) is 0 Å². The van der Waals surface area contributed by atoms with Gasteiger partial charge in [0.05, 0.1) is 0 Å². The van der Waals surface area contributed by atoms with Gasteiger partial charge < -0.3 is 15.1 Å². The van der Waals surface area contributed by atoms with Crippen LogP contribution in [0.3, 0.4) is 0 Å². The molecule has 3 rings (SSSR count). The van der Waals surface area contributed by atoms with Crippen molar-refractivity contribution in [1.82, 2.24) is 20.9 Å². The van der Waals surface area contributed by atoms with Crippen LogP contribution in [0.2, 0.25) is 0 Å². The Morgan fingerprint density at radius 2 is 2.18 bits per heavy atom. The molecule has 0 saturated heterocycles. The number of amides is 1. The van der Waals surface area contributed by atoms with Crippen molar-refractivity contribution in [2.75, 3.05) is 6.54 Å². The molecule has 3 N–H and O–H groups in total. The number of thiocarbonyl (C=S) groups is 1. The maximum atomic E-state index is 12.4. The average molecular weight is 463 g/mol. The van der Waals surface area contributed by atoms with E-state index in [1.54, 1.807) is 24.5 Å². The average Bonchev–Trinajstić information content (AvgIpc) is 3.13. The molecule has 7 heteroatoms. The molecule has 33 heavy (non-hydrogen) atoms. The first-order chi connectivity index (χ1) is 16.0. The third-order valence-electron chi connectivity index (χ3n) is 5.35. The summed E-state index contributed by atoms with van der Waals surface area (Å²) in [6, 6.07) is 3.33. The molecular weight excluding hydrogens is 432 g/mol. The van der Waals surface area contributed by atoms with Gasteiger partial charge in [0.15, 0.2) is 10.9 Å². The monoisotopic (exact) mass is 462 g/mol. The number of aromatic nitrogens is 1. The Kier molecular flexibility index (Phi) is 8.78. The number of carbonyl (C=O) groups excluding carboxylic acids is 1. The fourth-order valence-corrected chi connectivity index (χ4v) is 3.74. The molecule has 172 valence electrons. The molecule has 1 amide bonds. The molecule has 0 radical (unpaired) electrons. The van der Waals surface area contributed by atoms with Crippen molar-refractivity contribution >= 4 is 34.2 Å². The standard InChI is InChI=1S/C26H30N4O2S/c1-4-22(28-15-12-20-9-7-5-6-8-18(20)2)11-10-19(3)29-26(33)30-25(31)24-16-21-17-27-14-13-23(21)32-24/h4,6,8,10-11,13-14,16-17,28H,3,5,7,9,12,15H2,1-2H3,(H2,29,30,31,33)/b11-10-,22-4+. The van der Waals surface area contributed by atoms with Gasteiger partial charge in [-0.15, -0.1) is 0 Å². The lowest BCUT2D eigenvalue weighted by Crippen LogP contribution is -2.38. The minimum absolute atomic E-state index is 0.145. The molecule has 0 aromatic carbocycles. The van der Waals surface area contributed by atoms with E-state index in [9.17, 15) is 4.79 Å². The Morgan fingerprint density at radius 1 is 1.33 bits per heavy atom. The summed E-state index contributed by atoms with van der Waals surface area (Å²) in [6.07, 6.45) is 18.1. The first kappa shape index (κ1) is 24.2. The Balaban J connectivity index is 1.45. The van der Waals surface area contributed by atoms with Crippen molar-refractivity contribution in [1.29, 1.82) is 0 Å². The molecular formula is C26H30N4O2S. The van der Waals surface area contributed by atoms with Crippen LogP contribution in [-0.4, -0.2) is 22.5 Å². The first-order valence-electron chi connectivity index (χ1n) is 11.0. The lowest BCUT2D eigenvalue weighted by atomic mass is 10.0. The SMILES string of the molecule is C=C(/C=C\C(=C/C)NCCC1=C(C)C=CCCC1)NC(=S)NC(=O)c1cc2cnccc2o1. The van der Waals surface area contributed by atoms with Crippen LogP contribution in [0.5, 0.6) is 0 Å². The minimum Gasteiger partial charge on any atom is -0.451 e. The number of allylic oxidation sites excluding steroid dienone is 6. The normalized spacial score (nSPS) is 14.4. The van der Waals surface area contributed by atoms with Crippen molar-refractivity contribution in [3.05, 3.63) is 89.8 Å². The van der Waals surface area contributed by atoms with Crippen LogP contribution >= 0.6 is 12.2 Å². The van der Waals surface area contributed by atoms with Crippen molar-refractivity contribution in [2.24, 2.45) is 0 Å². The fourth-order valence-electron chi connectivity index (χ4n) is 3.52. The van der Waals surface area contributed by atoms with Crippen molar-refractivity contribution < 1.29 is 9.21 Å². The highest BCUT2D eigenvalue weighted by Gasteiger charge is 2.13. The van der Waals surface area contributed by atoms with E-state index in [1.165, 1.54) is 17.6 Å². The van der Waals surface area contributed by atoms with Crippen LogP contribution in [0.25, 0.3) is 11.0 Å². The number of carbonyl (C=O) groups is 1. The van der Waals surface area contributed by atoms with E-state index >= 15 is 0 Å². The molecule has 2 heterocycles. The third kappa shape index (κ3) is 7.29. The summed E-state index contributed by atoms with van der Waals surface area (Å²) in [7, 11) is 0. The molecule has 0 aliphatic heterocycles. The molecule has 2 aromatic rings. The van der Waals surface area contributed by atoms with Crippen LogP contribution in [0, 0.1) is 0 Å². The number of nitrogens with zero attached hydrogens (tertiary/aromatic N) is 1. The largest absolute Gasteiger partial charge is 0.451 e. The van der Waals surface area contributed by atoms with Gasteiger partial charge >= 0.3 is 0 Å². The Bertz CT molecular complexity index is 1120. The number of hydrogen-bond acceptors (Lipinski definition) is 5. The highest BCUT2D eigenvalue weighted by molar-refractivity contribution is 7.80. The molecule has 0 bridgehead atoms. The minimum atomic E-state index is -0.436. The van der Waals surface area contributed by atoms with Gasteiger partial charge in [0.1, 0.15) is 5.58 Å². The second kappa shape index (κ2) is 12.0. The van der Waals surface area contributed by atoms with Crippen molar-refractivity contribution in [2.45, 2.75) is 39.5 Å². The molecule has 0 saturated carbocycles. The van der Waals surface area contributed by atoms with Gasteiger partial charge in [0.2, 0.25) is 0 Å². The topological polar surface area (TPSA) is 79.2 Å². The van der Waals surface area contributed by atoms with Crippen molar-refractivity contribution in [3.8, 4) is 0 Å². The van der Waals surface area contributed by atoms with Gasteiger partial charge in [-0.3, -0.25) is 15.1 Å². The van der Waals surface area contributed by atoms with E-state index < -0.39 is 5.91 Å². The molecule has 2 aromatic heterocycles. The van der Waals surface area contributed by atoms with E-state index in [-0.39, 0.29) is 10.9 Å². The maximum Gasteiger partial charge on any atom is 0.293 e. The summed E-state index contributed by atoms with van der Waals surface area (Å²) in [5.74, 6) is -0.271. The number of nitrogens with one attached hydrogen (secondary N) is 3. The zero-order chi connectivity index (χ0) is 23.6.